The molecule has 14 heteroatoms. The number of carbonyl (C=O) groups is 5. The van der Waals surface area contributed by atoms with Gasteiger partial charge in [0.15, 0.2) is 0 Å². The molecule has 3 heterocycles. The highest BCUT2D eigenvalue weighted by Crippen LogP contribution is 2.53. The predicted molar refractivity (Wildman–Crippen MR) is 276 cm³/mol. The van der Waals surface area contributed by atoms with Crippen molar-refractivity contribution in [2.45, 2.75) is 111 Å². The van der Waals surface area contributed by atoms with Gasteiger partial charge in [-0.15, -0.1) is 0 Å². The summed E-state index contributed by atoms with van der Waals surface area (Å²) < 4.78 is 11.7. The van der Waals surface area contributed by atoms with E-state index in [-0.39, 0.29) is 55.3 Å². The maximum Gasteiger partial charge on any atom is 0.324 e. The Morgan fingerprint density at radius 3 is 2.48 bits per heavy atom. The molecule has 380 valence electrons. The summed E-state index contributed by atoms with van der Waals surface area (Å²) in [6, 6.07) is 19.4. The first-order valence-electron chi connectivity index (χ1n) is 25.0. The van der Waals surface area contributed by atoms with E-state index in [1.807, 2.05) is 6.07 Å². The van der Waals surface area contributed by atoms with Crippen LogP contribution in [0, 0.1) is 16.7 Å². The van der Waals surface area contributed by atoms with E-state index in [1.165, 1.54) is 45.3 Å². The van der Waals surface area contributed by atoms with Gasteiger partial charge in [-0.3, -0.25) is 29.0 Å². The van der Waals surface area contributed by atoms with Crippen molar-refractivity contribution in [3.05, 3.63) is 112 Å². The molecule has 0 radical (unpaired) electrons. The molecule has 4 amide bonds. The van der Waals surface area contributed by atoms with Crippen LogP contribution >= 0.6 is 0 Å². The first-order chi connectivity index (χ1) is 33.6. The number of nitrogens with two attached hydrogens (primary N) is 1. The van der Waals surface area contributed by atoms with E-state index >= 15 is 4.79 Å². The fourth-order valence-electron chi connectivity index (χ4n) is 11.2. The normalized spacial score (nSPS) is 22.5. The second kappa shape index (κ2) is 21.3. The van der Waals surface area contributed by atoms with E-state index in [2.05, 4.69) is 87.5 Å². The molecule has 0 aromatic heterocycles. The van der Waals surface area contributed by atoms with Crippen LogP contribution in [0.4, 0.5) is 0 Å². The molecule has 3 aliphatic heterocycles. The minimum absolute atomic E-state index is 0.00642. The predicted octanol–water partition coefficient (Wildman–Crippen LogP) is 7.30. The first kappa shape index (κ1) is 52.7. The SMILES string of the molecule is C=CC(=O)N1CC[C@H](C(=O)N(C)C(C(=O)N[C@@]2(C)Cc3cc(O)cc(c3)-c3ccc4c(c3)[C@@H](CC(c3ccccc3CCOC)=C4C(C)(C)CN)CC(C)(C)COC(=O)[C@@H]3CCCN(N3)C2=O)=C(C)C)C1. The molecule has 0 saturated carbocycles. The van der Waals surface area contributed by atoms with Gasteiger partial charge in [0.25, 0.3) is 11.8 Å². The number of likely N-dealkylation sites (tertiary alicyclic amines) is 1. The Bertz CT molecular complexity index is 2650. The third-order valence-electron chi connectivity index (χ3n) is 14.8. The molecule has 4 aliphatic rings. The Morgan fingerprint density at radius 1 is 1.03 bits per heavy atom. The molecule has 71 heavy (non-hydrogen) atoms. The fraction of sp³-hybridized carbons (Fsp3) is 0.491. The maximum absolute atomic E-state index is 15.1. The Hall–Kier alpha value is -6.09. The minimum Gasteiger partial charge on any atom is -0.508 e. The Kier molecular flexibility index (Phi) is 15.8. The topological polar surface area (TPSA) is 184 Å². The monoisotopic (exact) mass is 971 g/mol. The van der Waals surface area contributed by atoms with E-state index in [0.717, 1.165) is 28.7 Å². The number of hydrogen-bond acceptors (Lipinski definition) is 10. The van der Waals surface area contributed by atoms with Crippen molar-refractivity contribution in [1.82, 2.24) is 25.6 Å². The summed E-state index contributed by atoms with van der Waals surface area (Å²) in [5.74, 6) is -2.80. The lowest BCUT2D eigenvalue weighted by atomic mass is 9.65. The summed E-state index contributed by atoms with van der Waals surface area (Å²) in [5.41, 5.74) is 17.0. The zero-order valence-corrected chi connectivity index (χ0v) is 43.2. The number of hydrogen-bond donors (Lipinski definition) is 4. The summed E-state index contributed by atoms with van der Waals surface area (Å²) >= 11 is 0. The van der Waals surface area contributed by atoms with Crippen molar-refractivity contribution < 1.29 is 38.6 Å². The molecule has 0 spiro atoms. The van der Waals surface area contributed by atoms with E-state index in [1.54, 1.807) is 44.9 Å². The summed E-state index contributed by atoms with van der Waals surface area (Å²) in [6.07, 6.45) is 4.66. The quantitative estimate of drug-likeness (QED) is 0.112. The largest absolute Gasteiger partial charge is 0.508 e. The van der Waals surface area contributed by atoms with Gasteiger partial charge in [-0.2, -0.15) is 0 Å². The van der Waals surface area contributed by atoms with Crippen LogP contribution in [0.25, 0.3) is 22.3 Å². The van der Waals surface area contributed by atoms with Gasteiger partial charge in [0.05, 0.1) is 19.1 Å². The van der Waals surface area contributed by atoms with Gasteiger partial charge in [-0.25, -0.2) is 5.43 Å². The molecule has 3 aromatic rings. The van der Waals surface area contributed by atoms with Crippen LogP contribution in [0.3, 0.4) is 0 Å². The number of ether oxygens (including phenoxy) is 2. The highest BCUT2D eigenvalue weighted by molar-refractivity contribution is 6.02. The number of phenols is 1. The Morgan fingerprint density at radius 2 is 1.77 bits per heavy atom. The van der Waals surface area contributed by atoms with Crippen LogP contribution in [0.2, 0.25) is 0 Å². The van der Waals surface area contributed by atoms with Crippen molar-refractivity contribution >= 4 is 40.7 Å². The third-order valence-corrected chi connectivity index (χ3v) is 14.8. The molecule has 7 rings (SSSR count). The van der Waals surface area contributed by atoms with E-state index < -0.39 is 46.1 Å². The van der Waals surface area contributed by atoms with E-state index in [9.17, 15) is 24.3 Å². The van der Waals surface area contributed by atoms with Crippen LogP contribution < -0.4 is 16.5 Å². The van der Waals surface area contributed by atoms with Crippen molar-refractivity contribution in [1.29, 1.82) is 0 Å². The number of fused-ring (bicyclic) bond motifs is 6. The second-order valence-electron chi connectivity index (χ2n) is 21.9. The van der Waals surface area contributed by atoms with Crippen molar-refractivity contribution in [3.63, 3.8) is 0 Å². The number of nitrogens with zero attached hydrogens (tertiary/aromatic N) is 3. The number of nitrogens with one attached hydrogen (secondary N) is 2. The molecule has 2 fully saturated rings. The zero-order chi connectivity index (χ0) is 51.6. The van der Waals surface area contributed by atoms with Gasteiger partial charge in [0, 0.05) is 52.2 Å². The van der Waals surface area contributed by atoms with Crippen LogP contribution in [0.5, 0.6) is 5.75 Å². The number of allylic oxidation sites excluding steroid dienone is 2. The van der Waals surface area contributed by atoms with Gasteiger partial charge in [0.1, 0.15) is 23.0 Å². The zero-order valence-electron chi connectivity index (χ0n) is 43.2. The number of likely N-dealkylation sites (N-methyl/N-ethyl adjacent to an activating group) is 1. The fourth-order valence-corrected chi connectivity index (χ4v) is 11.2. The number of carbonyl (C=O) groups excluding carboxylic acids is 5. The van der Waals surface area contributed by atoms with Gasteiger partial charge in [-0.1, -0.05) is 82.8 Å². The maximum atomic E-state index is 15.1. The van der Waals surface area contributed by atoms with E-state index in [4.69, 9.17) is 15.2 Å². The van der Waals surface area contributed by atoms with Gasteiger partial charge < -0.3 is 35.4 Å². The number of benzene rings is 3. The molecule has 14 nitrogen and oxygen atoms in total. The molecule has 1 aliphatic carbocycles. The number of esters is 1. The average molecular weight is 971 g/mol. The number of methoxy groups -OCH3 is 1. The Balaban J connectivity index is 1.34. The number of rotatable bonds is 11. The van der Waals surface area contributed by atoms with Gasteiger partial charge in [-0.05, 0) is 145 Å². The lowest BCUT2D eigenvalue weighted by Gasteiger charge is -2.41. The van der Waals surface area contributed by atoms with Crippen LogP contribution in [0.1, 0.15) is 114 Å². The first-order valence-corrected chi connectivity index (χ1v) is 25.0. The van der Waals surface area contributed by atoms with Crippen LogP contribution in [-0.4, -0.2) is 115 Å². The molecule has 2 saturated heterocycles. The second-order valence-corrected chi connectivity index (χ2v) is 21.9. The molecule has 6 bridgehead atoms. The number of phenolic OH excluding ortho intramolecular Hbond substituents is 1. The number of aromatic hydroxyl groups is 1. The summed E-state index contributed by atoms with van der Waals surface area (Å²) in [4.78, 5) is 73.2. The smallest absolute Gasteiger partial charge is 0.324 e. The molecular weight excluding hydrogens is 897 g/mol. The van der Waals surface area contributed by atoms with Crippen molar-refractivity contribution in [3.8, 4) is 16.9 Å². The molecule has 0 unspecified atom stereocenters. The molecule has 4 atom stereocenters. The van der Waals surface area contributed by atoms with E-state index in [0.29, 0.717) is 62.9 Å². The minimum atomic E-state index is -1.68. The molecule has 5 N–H and O–H groups in total. The highest BCUT2D eigenvalue weighted by atomic mass is 16.5. The molecule has 3 aromatic carbocycles. The number of cyclic esters (lactones) is 1. The standard InChI is InChI=1S/C57H74N6O8/c1-11-48(65)62-23-20-39(32-62)52(67)61(9)50(35(2)3)51(66)59-57(8)30-36-25-40(27-42(64)26-36)38-18-19-44-45(28-38)41(31-55(4,5)34-71-53(68)47-17-14-22-63(60-47)54(57)69)29-46(49(44)56(6,7)33-58)43-16-13-12-15-37(43)21-24-70-10/h11-13,15-16,18-19,25-28,39,41,47,60,64H,1,14,17,20-24,29-34,58H2,2-10H3,(H,59,66)/t39-,41-,47-,57-/m0/s1. The third kappa shape index (κ3) is 11.3. The summed E-state index contributed by atoms with van der Waals surface area (Å²) in [5, 5.41) is 15.9. The Labute approximate surface area is 419 Å². The average Bonchev–Trinajstić information content (AvgIpc) is 3.84. The van der Waals surface area contributed by atoms with Crippen LogP contribution in [-0.2, 0) is 46.3 Å². The van der Waals surface area contributed by atoms with Crippen LogP contribution in [0.15, 0.2) is 84.6 Å². The summed E-state index contributed by atoms with van der Waals surface area (Å²) in [7, 11) is 3.25. The number of amides is 4. The molecular formula is C57H74N6O8. The lowest BCUT2D eigenvalue weighted by molar-refractivity contribution is -0.157. The van der Waals surface area contributed by atoms with Crippen molar-refractivity contribution in [2.75, 3.05) is 53.6 Å². The summed E-state index contributed by atoms with van der Waals surface area (Å²) in [6.45, 7) is 19.2. The van der Waals surface area contributed by atoms with Gasteiger partial charge >= 0.3 is 5.97 Å². The van der Waals surface area contributed by atoms with Gasteiger partial charge in [0.2, 0.25) is 11.8 Å². The number of hydrazine groups is 1. The lowest BCUT2D eigenvalue weighted by Crippen LogP contribution is -2.65. The highest BCUT2D eigenvalue weighted by Gasteiger charge is 2.44. The van der Waals surface area contributed by atoms with Crippen molar-refractivity contribution in [2.24, 2.45) is 22.5 Å².